The van der Waals surface area contributed by atoms with Gasteiger partial charge in [-0.3, -0.25) is 0 Å². The minimum absolute atomic E-state index is 0. The van der Waals surface area contributed by atoms with E-state index in [4.69, 9.17) is 0 Å². The molecule has 0 aromatic carbocycles. The van der Waals surface area contributed by atoms with Gasteiger partial charge >= 0.3 is 23.1 Å². The summed E-state index contributed by atoms with van der Waals surface area (Å²) in [5.74, 6) is 0. The van der Waals surface area contributed by atoms with Gasteiger partial charge in [0.1, 0.15) is 0 Å². The summed E-state index contributed by atoms with van der Waals surface area (Å²) >= 11 is 3.64. The maximum Gasteiger partial charge on any atom is 2.00 e. The minimum Gasteiger partial charge on any atom is -1.00 e. The van der Waals surface area contributed by atoms with E-state index in [1.807, 2.05) is 0 Å². The van der Waals surface area contributed by atoms with Gasteiger partial charge in [-0.25, -0.2) is 0 Å². The molecule has 0 unspecified atom stereocenters. The molecule has 9 heavy (non-hydrogen) atoms. The zero-order chi connectivity index (χ0) is 5.82. The van der Waals surface area contributed by atoms with Crippen LogP contribution in [-0.4, -0.2) is 27.9 Å². The number of hydrogen-bond acceptors (Lipinski definition) is 0. The number of halogens is 1. The van der Waals surface area contributed by atoms with E-state index in [0.29, 0.717) is 0 Å². The molecule has 1 aliphatic carbocycles. The summed E-state index contributed by atoms with van der Waals surface area (Å²) in [5.41, 5.74) is 0. The molecule has 0 bridgehead atoms. The van der Waals surface area contributed by atoms with Gasteiger partial charge in [0.15, 0.2) is 0 Å². The molecule has 0 N–H and O–H groups in total. The maximum atomic E-state index is 3.64. The van der Waals surface area contributed by atoms with E-state index in [9.17, 15) is 0 Å². The van der Waals surface area contributed by atoms with Crippen LogP contribution < -0.4 is 0 Å². The Morgan fingerprint density at radius 1 is 1.00 bits per heavy atom. The van der Waals surface area contributed by atoms with Gasteiger partial charge in [-0.15, -0.1) is 0 Å². The van der Waals surface area contributed by atoms with Crippen molar-refractivity contribution >= 4 is 39.0 Å². The Morgan fingerprint density at radius 3 is 1.89 bits per heavy atom. The van der Waals surface area contributed by atoms with Gasteiger partial charge in [0.05, 0.1) is 0 Å². The van der Waals surface area contributed by atoms with Crippen LogP contribution in [0.3, 0.4) is 0 Å². The van der Waals surface area contributed by atoms with Crippen LogP contribution in [0.25, 0.3) is 0 Å². The van der Waals surface area contributed by atoms with Crippen molar-refractivity contribution in [3.05, 3.63) is 0 Å². The van der Waals surface area contributed by atoms with Crippen LogP contribution in [0, 0.1) is 0 Å². The SMILES string of the molecule is BrC1CCCCCC1.[H-].[H-].[Mg+2]. The van der Waals surface area contributed by atoms with Gasteiger partial charge in [-0.1, -0.05) is 41.6 Å². The molecule has 0 spiro atoms. The number of alkyl halides is 1. The van der Waals surface area contributed by atoms with Gasteiger partial charge in [0.2, 0.25) is 0 Å². The first-order chi connectivity index (χ1) is 3.89. The van der Waals surface area contributed by atoms with Crippen molar-refractivity contribution in [2.24, 2.45) is 0 Å². The van der Waals surface area contributed by atoms with E-state index in [1.54, 1.807) is 0 Å². The molecule has 0 atom stereocenters. The van der Waals surface area contributed by atoms with Gasteiger partial charge in [0.25, 0.3) is 0 Å². The Hall–Kier alpha value is 1.25. The molecule has 52 valence electrons. The zero-order valence-corrected chi connectivity index (χ0v) is 8.91. The van der Waals surface area contributed by atoms with Crippen molar-refractivity contribution in [2.45, 2.75) is 43.4 Å². The summed E-state index contributed by atoms with van der Waals surface area (Å²) in [6.45, 7) is 0. The topological polar surface area (TPSA) is 0 Å². The van der Waals surface area contributed by atoms with Crippen molar-refractivity contribution in [1.29, 1.82) is 0 Å². The molecule has 1 aliphatic rings. The number of hydrogen-bond donors (Lipinski definition) is 0. The number of rotatable bonds is 0. The average Bonchev–Trinajstić information content (AvgIpc) is 1.94. The molecule has 0 saturated heterocycles. The fourth-order valence-electron chi connectivity index (χ4n) is 1.23. The third-order valence-electron chi connectivity index (χ3n) is 1.78. The van der Waals surface area contributed by atoms with E-state index >= 15 is 0 Å². The largest absolute Gasteiger partial charge is 2.00 e. The molecular weight excluding hydrogens is 188 g/mol. The van der Waals surface area contributed by atoms with Crippen molar-refractivity contribution in [1.82, 2.24) is 0 Å². The molecule has 0 aliphatic heterocycles. The zero-order valence-electron chi connectivity index (χ0n) is 7.91. The molecular formula is C7H15BrMg. The van der Waals surface area contributed by atoms with Crippen molar-refractivity contribution in [3.63, 3.8) is 0 Å². The van der Waals surface area contributed by atoms with Crippen LogP contribution >= 0.6 is 15.9 Å². The smallest absolute Gasteiger partial charge is 1.00 e. The van der Waals surface area contributed by atoms with Crippen LogP contribution in [0.4, 0.5) is 0 Å². The fraction of sp³-hybridized carbons (Fsp3) is 1.00. The average molecular weight is 203 g/mol. The molecule has 0 heterocycles. The molecule has 1 rings (SSSR count). The van der Waals surface area contributed by atoms with Gasteiger partial charge in [0, 0.05) is 4.83 Å². The Balaban J connectivity index is -0.000000213. The summed E-state index contributed by atoms with van der Waals surface area (Å²) < 4.78 is 0. The Bertz CT molecular complexity index is 65.5. The first-order valence-corrected chi connectivity index (χ1v) is 4.45. The molecule has 0 amide bonds. The molecule has 0 nitrogen and oxygen atoms in total. The summed E-state index contributed by atoms with van der Waals surface area (Å²) in [5, 5.41) is 0. The predicted octanol–water partition coefficient (Wildman–Crippen LogP) is 2.95. The molecule has 0 radical (unpaired) electrons. The molecule has 1 saturated carbocycles. The second-order valence-electron chi connectivity index (χ2n) is 2.59. The molecule has 2 heteroatoms. The summed E-state index contributed by atoms with van der Waals surface area (Å²) in [4.78, 5) is 0.838. The van der Waals surface area contributed by atoms with E-state index in [2.05, 4.69) is 15.9 Å². The monoisotopic (exact) mass is 202 g/mol. The normalized spacial score (nSPS) is 22.3. The first-order valence-electron chi connectivity index (χ1n) is 3.53. The molecule has 1 fully saturated rings. The second kappa shape index (κ2) is 5.99. The summed E-state index contributed by atoms with van der Waals surface area (Å²) in [6, 6.07) is 0. The van der Waals surface area contributed by atoms with Gasteiger partial charge < -0.3 is 2.85 Å². The van der Waals surface area contributed by atoms with Gasteiger partial charge in [-0.05, 0) is 12.8 Å². The Labute approximate surface area is 85.0 Å². The first kappa shape index (κ1) is 10.2. The van der Waals surface area contributed by atoms with E-state index in [1.165, 1.54) is 38.5 Å². The maximum absolute atomic E-state index is 3.64. The van der Waals surface area contributed by atoms with Crippen LogP contribution in [0.2, 0.25) is 0 Å². The Morgan fingerprint density at radius 2 is 1.44 bits per heavy atom. The molecule has 0 aromatic heterocycles. The van der Waals surface area contributed by atoms with Crippen molar-refractivity contribution < 1.29 is 2.85 Å². The van der Waals surface area contributed by atoms with Crippen LogP contribution in [-0.2, 0) is 0 Å². The van der Waals surface area contributed by atoms with Crippen LogP contribution in [0.15, 0.2) is 0 Å². The molecule has 0 aromatic rings. The van der Waals surface area contributed by atoms with Crippen molar-refractivity contribution in [3.8, 4) is 0 Å². The van der Waals surface area contributed by atoms with Crippen LogP contribution in [0.5, 0.6) is 0 Å². The van der Waals surface area contributed by atoms with E-state index in [-0.39, 0.29) is 25.9 Å². The predicted molar refractivity (Wildman–Crippen MR) is 48.4 cm³/mol. The Kier molecular flexibility index (Phi) is 6.82. The quantitative estimate of drug-likeness (QED) is 0.323. The summed E-state index contributed by atoms with van der Waals surface area (Å²) in [6.07, 6.45) is 8.61. The third-order valence-corrected chi connectivity index (χ3v) is 2.70. The van der Waals surface area contributed by atoms with Gasteiger partial charge in [-0.2, -0.15) is 0 Å². The second-order valence-corrected chi connectivity index (χ2v) is 3.88. The third kappa shape index (κ3) is 4.62. The van der Waals surface area contributed by atoms with E-state index < -0.39 is 0 Å². The van der Waals surface area contributed by atoms with E-state index in [0.717, 1.165) is 4.83 Å². The minimum atomic E-state index is 0. The summed E-state index contributed by atoms with van der Waals surface area (Å²) in [7, 11) is 0. The standard InChI is InChI=1S/C7H13Br.Mg.2H/c8-7-5-3-1-2-4-6-7;;;/h7H,1-6H2;;;/q;+2;2*-1. The fourth-order valence-corrected chi connectivity index (χ4v) is 1.88. The van der Waals surface area contributed by atoms with Crippen molar-refractivity contribution in [2.75, 3.05) is 0 Å². The van der Waals surface area contributed by atoms with Crippen LogP contribution in [0.1, 0.15) is 41.4 Å².